The van der Waals surface area contributed by atoms with E-state index in [0.29, 0.717) is 0 Å². The van der Waals surface area contributed by atoms with Gasteiger partial charge in [-0.3, -0.25) is 0 Å². The quantitative estimate of drug-likeness (QED) is 0.569. The highest BCUT2D eigenvalue weighted by Gasteiger charge is 1.55. The molecule has 0 atom stereocenters. The zero-order valence-electron chi connectivity index (χ0n) is 7.52. The summed E-state index contributed by atoms with van der Waals surface area (Å²) < 4.78 is 0. The lowest BCUT2D eigenvalue weighted by Crippen LogP contribution is -1.38. The first-order chi connectivity index (χ1) is 4.91. The van der Waals surface area contributed by atoms with Crippen LogP contribution in [0, 0.1) is 0 Å². The smallest absolute Gasteiger partial charge is 0.000496 e. The van der Waals surface area contributed by atoms with E-state index < -0.39 is 0 Å². The van der Waals surface area contributed by atoms with Gasteiger partial charge >= 0.3 is 0 Å². The monoisotopic (exact) mass is 141 g/mol. The van der Waals surface area contributed by atoms with E-state index in [4.69, 9.17) is 0 Å². The molecule has 1 N–H and O–H groups in total. The number of rotatable bonds is 0. The Balaban J connectivity index is 0. The van der Waals surface area contributed by atoms with Crippen LogP contribution in [0.4, 0.5) is 0 Å². The third-order valence-electron chi connectivity index (χ3n) is 0.496. The Kier molecular flexibility index (Phi) is 18.9. The second-order valence-corrected chi connectivity index (χ2v) is 1.59. The van der Waals surface area contributed by atoms with E-state index in [9.17, 15) is 0 Å². The van der Waals surface area contributed by atoms with Crippen LogP contribution in [0.3, 0.4) is 0 Å². The van der Waals surface area contributed by atoms with Gasteiger partial charge in [0.25, 0.3) is 0 Å². The van der Waals surface area contributed by atoms with Crippen molar-refractivity contribution in [1.29, 1.82) is 0 Å². The molecule has 1 aromatic rings. The van der Waals surface area contributed by atoms with Crippen LogP contribution in [-0.2, 0) is 0 Å². The van der Waals surface area contributed by atoms with Gasteiger partial charge < -0.3 is 4.98 Å². The van der Waals surface area contributed by atoms with Crippen molar-refractivity contribution in [2.75, 3.05) is 0 Å². The van der Waals surface area contributed by atoms with Gasteiger partial charge in [0.1, 0.15) is 0 Å². The molecule has 10 heavy (non-hydrogen) atoms. The summed E-state index contributed by atoms with van der Waals surface area (Å²) in [6.07, 6.45) is 5.00. The summed E-state index contributed by atoms with van der Waals surface area (Å²) in [6, 6.07) is 3.89. The van der Waals surface area contributed by atoms with Crippen LogP contribution < -0.4 is 0 Å². The number of hydrogen-bond donors (Lipinski definition) is 1. The molecule has 1 nitrogen and oxygen atoms in total. The topological polar surface area (TPSA) is 15.8 Å². The molecule has 0 aliphatic rings. The molecule has 60 valence electrons. The van der Waals surface area contributed by atoms with Crippen LogP contribution >= 0.6 is 0 Å². The van der Waals surface area contributed by atoms with Crippen LogP contribution in [0.25, 0.3) is 0 Å². The minimum absolute atomic E-state index is 1.25. The van der Waals surface area contributed by atoms with Gasteiger partial charge in [-0.2, -0.15) is 0 Å². The highest BCUT2D eigenvalue weighted by Crippen LogP contribution is 1.72. The molecule has 0 aliphatic carbocycles. The zero-order valence-corrected chi connectivity index (χ0v) is 7.52. The highest BCUT2D eigenvalue weighted by atomic mass is 14.6. The maximum atomic E-state index is 2.86. The third kappa shape index (κ3) is 15.7. The van der Waals surface area contributed by atoms with E-state index in [2.05, 4.69) is 18.8 Å². The lowest BCUT2D eigenvalue weighted by atomic mass is 10.6. The summed E-state index contributed by atoms with van der Waals surface area (Å²) in [4.78, 5) is 2.86. The first-order valence-corrected chi connectivity index (χ1v) is 3.99. The van der Waals surface area contributed by atoms with E-state index >= 15 is 0 Å². The molecule has 0 aromatic carbocycles. The third-order valence-corrected chi connectivity index (χ3v) is 0.496. The highest BCUT2D eigenvalue weighted by molar-refractivity contribution is 4.84. The fourth-order valence-electron chi connectivity index (χ4n) is 0.278. The molecule has 0 aliphatic heterocycles. The molecular weight excluding hydrogens is 122 g/mol. The lowest BCUT2D eigenvalue weighted by Gasteiger charge is -1.49. The molecule has 0 saturated carbocycles. The zero-order chi connectivity index (χ0) is 8.24. The lowest BCUT2D eigenvalue weighted by molar-refractivity contribution is 1.09. The summed E-state index contributed by atoms with van der Waals surface area (Å²) in [7, 11) is 0. The Bertz CT molecular complexity index is 71.6. The first-order valence-electron chi connectivity index (χ1n) is 3.99. The number of aromatic amines is 1. The Morgan fingerprint density at radius 1 is 1.00 bits per heavy atom. The van der Waals surface area contributed by atoms with Crippen molar-refractivity contribution in [3.63, 3.8) is 0 Å². The van der Waals surface area contributed by atoms with E-state index in [1.807, 2.05) is 38.4 Å². The van der Waals surface area contributed by atoms with Gasteiger partial charge in [0, 0.05) is 12.4 Å². The average molecular weight is 141 g/mol. The summed E-state index contributed by atoms with van der Waals surface area (Å²) in [6.45, 7) is 8.25. The minimum Gasteiger partial charge on any atom is -0.368 e. The fourth-order valence-corrected chi connectivity index (χ4v) is 0.278. The summed E-state index contributed by atoms with van der Waals surface area (Å²) >= 11 is 0. The van der Waals surface area contributed by atoms with Crippen molar-refractivity contribution in [3.05, 3.63) is 24.5 Å². The summed E-state index contributed by atoms with van der Waals surface area (Å²) in [5, 5.41) is 0. The fraction of sp³-hybridized carbons (Fsp3) is 0.556. The van der Waals surface area contributed by atoms with Crippen molar-refractivity contribution in [2.45, 2.75) is 34.1 Å². The average Bonchev–Trinajstić information content (AvgIpc) is 2.48. The van der Waals surface area contributed by atoms with Gasteiger partial charge in [-0.15, -0.1) is 0 Å². The van der Waals surface area contributed by atoms with Crippen LogP contribution in [-0.4, -0.2) is 4.98 Å². The molecule has 1 rings (SSSR count). The number of H-pyrrole nitrogens is 1. The number of nitrogens with one attached hydrogen (secondary N) is 1. The summed E-state index contributed by atoms with van der Waals surface area (Å²) in [5.41, 5.74) is 0. The van der Waals surface area contributed by atoms with E-state index in [1.54, 1.807) is 0 Å². The number of hydrogen-bond acceptors (Lipinski definition) is 0. The minimum atomic E-state index is 1.25. The van der Waals surface area contributed by atoms with E-state index in [-0.39, 0.29) is 0 Å². The predicted molar refractivity (Wildman–Crippen MR) is 48.1 cm³/mol. The van der Waals surface area contributed by atoms with Gasteiger partial charge in [0.2, 0.25) is 0 Å². The Morgan fingerprint density at radius 3 is 1.40 bits per heavy atom. The van der Waals surface area contributed by atoms with Crippen LogP contribution in [0.2, 0.25) is 0 Å². The molecule has 0 saturated heterocycles. The molecule has 1 heterocycles. The molecule has 0 amide bonds. The van der Waals surface area contributed by atoms with Gasteiger partial charge in [-0.25, -0.2) is 0 Å². The summed E-state index contributed by atoms with van der Waals surface area (Å²) in [5.74, 6) is 0. The molecule has 0 spiro atoms. The molecule has 0 bridgehead atoms. The molecular formula is C9H19N. The Hall–Kier alpha value is -0.720. The van der Waals surface area contributed by atoms with E-state index in [0.717, 1.165) is 0 Å². The van der Waals surface area contributed by atoms with Crippen LogP contribution in [0.1, 0.15) is 34.1 Å². The first kappa shape index (κ1) is 12.0. The maximum Gasteiger partial charge on any atom is 0.000496 e. The molecule has 1 aromatic heterocycles. The second kappa shape index (κ2) is 15.7. The van der Waals surface area contributed by atoms with Crippen LogP contribution in [0.5, 0.6) is 0 Å². The van der Waals surface area contributed by atoms with Gasteiger partial charge in [-0.05, 0) is 12.1 Å². The van der Waals surface area contributed by atoms with Crippen molar-refractivity contribution in [3.8, 4) is 0 Å². The standard InChI is InChI=1S/C4H5N.C3H8.C2H6/c1-2-4-5-3-1;1-3-2;1-2/h1-5H;3H2,1-2H3;1-2H3. The normalized spacial score (nSPS) is 6.40. The molecule has 0 unspecified atom stereocenters. The van der Waals surface area contributed by atoms with Gasteiger partial charge in [0.05, 0.1) is 0 Å². The largest absolute Gasteiger partial charge is 0.368 e. The van der Waals surface area contributed by atoms with Crippen molar-refractivity contribution in [2.24, 2.45) is 0 Å². The van der Waals surface area contributed by atoms with Gasteiger partial charge in [-0.1, -0.05) is 34.1 Å². The SMILES string of the molecule is CC.CCC.c1cc[nH]c1. The Labute approximate surface area is 64.5 Å². The number of aromatic nitrogens is 1. The predicted octanol–water partition coefficient (Wildman–Crippen LogP) is 3.46. The maximum absolute atomic E-state index is 2.86. The second-order valence-electron chi connectivity index (χ2n) is 1.59. The van der Waals surface area contributed by atoms with Crippen molar-refractivity contribution < 1.29 is 0 Å². The van der Waals surface area contributed by atoms with Crippen LogP contribution in [0.15, 0.2) is 24.5 Å². The van der Waals surface area contributed by atoms with Crippen molar-refractivity contribution in [1.82, 2.24) is 4.98 Å². The van der Waals surface area contributed by atoms with Crippen molar-refractivity contribution >= 4 is 0 Å². The molecule has 1 heteroatoms. The Morgan fingerprint density at radius 2 is 1.30 bits per heavy atom. The molecule has 0 fully saturated rings. The van der Waals surface area contributed by atoms with E-state index in [1.165, 1.54) is 6.42 Å². The molecule has 0 radical (unpaired) electrons. The van der Waals surface area contributed by atoms with Gasteiger partial charge in [0.15, 0.2) is 0 Å².